The van der Waals surface area contributed by atoms with Gasteiger partial charge in [-0.15, -0.1) is 0 Å². The van der Waals surface area contributed by atoms with Crippen molar-refractivity contribution >= 4 is 11.5 Å². The molecule has 0 unspecified atom stereocenters. The number of rotatable bonds is 2. The van der Waals surface area contributed by atoms with Crippen molar-refractivity contribution in [1.29, 1.82) is 0 Å². The summed E-state index contributed by atoms with van der Waals surface area (Å²) in [5, 5.41) is 0. The minimum Gasteiger partial charge on any atom is -0.345 e. The van der Waals surface area contributed by atoms with E-state index in [0.717, 1.165) is 0 Å². The zero-order chi connectivity index (χ0) is 14.8. The Morgan fingerprint density at radius 3 is 1.81 bits per heavy atom. The Kier molecular flexibility index (Phi) is 3.44. The Morgan fingerprint density at radius 2 is 1.33 bits per heavy atom. The molecule has 1 aliphatic carbocycles. The van der Waals surface area contributed by atoms with Crippen molar-refractivity contribution in [2.45, 2.75) is 0 Å². The quantitative estimate of drug-likeness (QED) is 0.652. The number of amides is 1. The minimum absolute atomic E-state index is 0.00795. The maximum absolute atomic E-state index is 11.6. The predicted molar refractivity (Wildman–Crippen MR) is 86.8 cm³/mol. The number of carbonyl (C=O) groups is 1. The standard InChI is InChI=1S/C19H17NO/c1-20(2)19(21)13-7-12-18-16-10-5-3-8-14(16)15-9-4-6-11-17(15)18/h3-13H,1-2H3/b13-7+. The lowest BCUT2D eigenvalue weighted by atomic mass is 10.0. The van der Waals surface area contributed by atoms with Gasteiger partial charge in [0.15, 0.2) is 0 Å². The fourth-order valence-corrected chi connectivity index (χ4v) is 2.61. The molecule has 1 amide bonds. The van der Waals surface area contributed by atoms with E-state index in [9.17, 15) is 4.79 Å². The van der Waals surface area contributed by atoms with E-state index in [1.807, 2.05) is 24.3 Å². The van der Waals surface area contributed by atoms with E-state index in [4.69, 9.17) is 0 Å². The van der Waals surface area contributed by atoms with Gasteiger partial charge in [-0.25, -0.2) is 0 Å². The molecular weight excluding hydrogens is 258 g/mol. The van der Waals surface area contributed by atoms with Gasteiger partial charge in [0.25, 0.3) is 0 Å². The molecule has 0 N–H and O–H groups in total. The molecule has 2 nitrogen and oxygen atoms in total. The Bertz CT molecular complexity index is 706. The van der Waals surface area contributed by atoms with Crippen LogP contribution in [0.4, 0.5) is 0 Å². The number of hydrogen-bond donors (Lipinski definition) is 0. The molecule has 1 aliphatic rings. The van der Waals surface area contributed by atoms with E-state index >= 15 is 0 Å². The summed E-state index contributed by atoms with van der Waals surface area (Å²) < 4.78 is 0. The Hall–Kier alpha value is -2.61. The Balaban J connectivity index is 2.05. The van der Waals surface area contributed by atoms with Gasteiger partial charge in [0.2, 0.25) is 5.91 Å². The molecule has 2 aromatic rings. The van der Waals surface area contributed by atoms with Crippen molar-refractivity contribution in [3.8, 4) is 11.1 Å². The van der Waals surface area contributed by atoms with E-state index < -0.39 is 0 Å². The van der Waals surface area contributed by atoms with E-state index in [1.54, 1.807) is 25.1 Å². The molecule has 0 saturated carbocycles. The highest BCUT2D eigenvalue weighted by Gasteiger charge is 2.21. The number of allylic oxidation sites excluding steroid dienone is 2. The molecule has 0 aromatic heterocycles. The van der Waals surface area contributed by atoms with Gasteiger partial charge >= 0.3 is 0 Å². The van der Waals surface area contributed by atoms with Crippen LogP contribution in [0.5, 0.6) is 0 Å². The monoisotopic (exact) mass is 275 g/mol. The molecule has 0 radical (unpaired) electrons. The number of hydrogen-bond acceptors (Lipinski definition) is 1. The summed E-state index contributed by atoms with van der Waals surface area (Å²) in [5.41, 5.74) is 6.13. The van der Waals surface area contributed by atoms with Crippen LogP contribution in [-0.2, 0) is 4.79 Å². The Morgan fingerprint density at radius 1 is 0.857 bits per heavy atom. The third-order valence-electron chi connectivity index (χ3n) is 3.67. The van der Waals surface area contributed by atoms with Crippen molar-refractivity contribution in [1.82, 2.24) is 4.90 Å². The lowest BCUT2D eigenvalue weighted by Gasteiger charge is -2.05. The van der Waals surface area contributed by atoms with Gasteiger partial charge in [-0.1, -0.05) is 60.7 Å². The highest BCUT2D eigenvalue weighted by Crippen LogP contribution is 2.43. The van der Waals surface area contributed by atoms with Crippen LogP contribution in [0.15, 0.2) is 66.8 Å². The van der Waals surface area contributed by atoms with Crippen LogP contribution < -0.4 is 0 Å². The second-order valence-electron chi connectivity index (χ2n) is 5.26. The number of benzene rings is 2. The summed E-state index contributed by atoms with van der Waals surface area (Å²) in [6.07, 6.45) is 5.44. The van der Waals surface area contributed by atoms with E-state index in [1.165, 1.54) is 27.8 Å². The third-order valence-corrected chi connectivity index (χ3v) is 3.67. The molecule has 21 heavy (non-hydrogen) atoms. The highest BCUT2D eigenvalue weighted by molar-refractivity contribution is 6.01. The Labute approximate surface area is 125 Å². The largest absolute Gasteiger partial charge is 0.345 e. The summed E-state index contributed by atoms with van der Waals surface area (Å²) in [6.45, 7) is 0. The van der Waals surface area contributed by atoms with Crippen molar-refractivity contribution in [3.05, 3.63) is 77.9 Å². The number of fused-ring (bicyclic) bond motifs is 3. The number of likely N-dealkylation sites (N-methyl/N-ethyl adjacent to an activating group) is 1. The molecule has 0 heterocycles. The average Bonchev–Trinajstić information content (AvgIpc) is 2.82. The molecule has 0 aliphatic heterocycles. The number of nitrogens with zero attached hydrogens (tertiary/aromatic N) is 1. The summed E-state index contributed by atoms with van der Waals surface area (Å²) in [6, 6.07) is 16.8. The fourth-order valence-electron chi connectivity index (χ4n) is 2.61. The second kappa shape index (κ2) is 5.41. The van der Waals surface area contributed by atoms with Gasteiger partial charge < -0.3 is 4.90 Å². The van der Waals surface area contributed by atoms with E-state index in [0.29, 0.717) is 0 Å². The topological polar surface area (TPSA) is 20.3 Å². The van der Waals surface area contributed by atoms with Crippen molar-refractivity contribution in [3.63, 3.8) is 0 Å². The first-order valence-corrected chi connectivity index (χ1v) is 6.97. The lowest BCUT2D eigenvalue weighted by molar-refractivity contribution is -0.123. The third kappa shape index (κ3) is 2.40. The van der Waals surface area contributed by atoms with Crippen LogP contribution in [0.1, 0.15) is 11.1 Å². The summed E-state index contributed by atoms with van der Waals surface area (Å²) in [7, 11) is 3.50. The summed E-state index contributed by atoms with van der Waals surface area (Å²) >= 11 is 0. The maximum atomic E-state index is 11.6. The first-order valence-electron chi connectivity index (χ1n) is 6.97. The lowest BCUT2D eigenvalue weighted by Crippen LogP contribution is -2.18. The normalized spacial score (nSPS) is 12.2. The number of carbonyl (C=O) groups excluding carboxylic acids is 1. The van der Waals surface area contributed by atoms with Crippen LogP contribution in [0.3, 0.4) is 0 Å². The predicted octanol–water partition coefficient (Wildman–Crippen LogP) is 3.74. The molecule has 0 spiro atoms. The van der Waals surface area contributed by atoms with Crippen LogP contribution >= 0.6 is 0 Å². The second-order valence-corrected chi connectivity index (χ2v) is 5.26. The summed E-state index contributed by atoms with van der Waals surface area (Å²) in [5.74, 6) is -0.00795. The van der Waals surface area contributed by atoms with Crippen LogP contribution in [0.25, 0.3) is 16.7 Å². The van der Waals surface area contributed by atoms with Gasteiger partial charge in [0, 0.05) is 20.2 Å². The fraction of sp³-hybridized carbons (Fsp3) is 0.105. The van der Waals surface area contributed by atoms with Crippen molar-refractivity contribution < 1.29 is 4.79 Å². The van der Waals surface area contributed by atoms with Gasteiger partial charge in [0.1, 0.15) is 0 Å². The van der Waals surface area contributed by atoms with Gasteiger partial charge in [-0.3, -0.25) is 4.79 Å². The molecule has 0 saturated heterocycles. The molecule has 0 fully saturated rings. The van der Waals surface area contributed by atoms with E-state index in [-0.39, 0.29) is 5.91 Å². The molecule has 104 valence electrons. The highest BCUT2D eigenvalue weighted by atomic mass is 16.2. The van der Waals surface area contributed by atoms with Gasteiger partial charge in [-0.2, -0.15) is 0 Å². The average molecular weight is 275 g/mol. The molecule has 3 rings (SSSR count). The van der Waals surface area contributed by atoms with Crippen molar-refractivity contribution in [2.24, 2.45) is 0 Å². The van der Waals surface area contributed by atoms with Crippen molar-refractivity contribution in [2.75, 3.05) is 14.1 Å². The molecule has 2 aromatic carbocycles. The summed E-state index contributed by atoms with van der Waals surface area (Å²) in [4.78, 5) is 13.2. The molecule has 0 bridgehead atoms. The van der Waals surface area contributed by atoms with Gasteiger partial charge in [-0.05, 0) is 27.8 Å². The van der Waals surface area contributed by atoms with Crippen LogP contribution in [0, 0.1) is 0 Å². The molecule has 0 atom stereocenters. The molecular formula is C19H17NO. The first-order chi connectivity index (χ1) is 10.2. The van der Waals surface area contributed by atoms with Crippen LogP contribution in [-0.4, -0.2) is 24.9 Å². The SMILES string of the molecule is CN(C)C(=O)/C=C/C=C1c2ccccc2-c2ccccc21. The maximum Gasteiger partial charge on any atom is 0.246 e. The van der Waals surface area contributed by atoms with E-state index in [2.05, 4.69) is 36.4 Å². The first kappa shape index (κ1) is 13.4. The minimum atomic E-state index is -0.00795. The van der Waals surface area contributed by atoms with Crippen LogP contribution in [0.2, 0.25) is 0 Å². The molecule has 2 heteroatoms. The zero-order valence-electron chi connectivity index (χ0n) is 12.2. The smallest absolute Gasteiger partial charge is 0.246 e. The van der Waals surface area contributed by atoms with Gasteiger partial charge in [0.05, 0.1) is 0 Å². The zero-order valence-corrected chi connectivity index (χ0v) is 12.2.